The number of nitrogens with zero attached hydrogens (tertiary/aromatic N) is 1. The van der Waals surface area contributed by atoms with Gasteiger partial charge >= 0.3 is 0 Å². The van der Waals surface area contributed by atoms with Gasteiger partial charge in [-0.15, -0.1) is 0 Å². The maximum Gasteiger partial charge on any atom is 0.123 e. The van der Waals surface area contributed by atoms with Crippen molar-refractivity contribution in [1.82, 2.24) is 4.98 Å². The van der Waals surface area contributed by atoms with Gasteiger partial charge in [0.1, 0.15) is 5.82 Å². The standard InChI is InChI=1S/C16H19FN2/c1-3-12-4-9-15(19-11-12)10-16(2,18)13-5-7-14(17)8-6-13/h4-9,11H,3,10,18H2,1-2H3. The molecule has 19 heavy (non-hydrogen) atoms. The average Bonchev–Trinajstić information content (AvgIpc) is 2.40. The van der Waals surface area contributed by atoms with Gasteiger partial charge in [0.15, 0.2) is 0 Å². The van der Waals surface area contributed by atoms with Gasteiger partial charge < -0.3 is 5.73 Å². The molecule has 2 nitrogen and oxygen atoms in total. The van der Waals surface area contributed by atoms with Crippen molar-refractivity contribution in [2.45, 2.75) is 32.2 Å². The summed E-state index contributed by atoms with van der Waals surface area (Å²) in [5.41, 5.74) is 8.86. The second-order valence-corrected chi connectivity index (χ2v) is 5.11. The first-order valence-electron chi connectivity index (χ1n) is 6.50. The summed E-state index contributed by atoms with van der Waals surface area (Å²) in [6, 6.07) is 10.4. The molecule has 0 spiro atoms. The lowest BCUT2D eigenvalue weighted by Crippen LogP contribution is -2.35. The summed E-state index contributed by atoms with van der Waals surface area (Å²) in [6.45, 7) is 4.04. The number of halogens is 1. The molecule has 2 N–H and O–H groups in total. The van der Waals surface area contributed by atoms with Crippen LogP contribution in [0, 0.1) is 5.82 Å². The van der Waals surface area contributed by atoms with E-state index in [-0.39, 0.29) is 5.82 Å². The minimum atomic E-state index is -0.547. The van der Waals surface area contributed by atoms with E-state index in [1.807, 2.05) is 19.2 Å². The SMILES string of the molecule is CCc1ccc(CC(C)(N)c2ccc(F)cc2)nc1. The normalized spacial score (nSPS) is 14.1. The van der Waals surface area contributed by atoms with Crippen LogP contribution in [0.4, 0.5) is 4.39 Å². The van der Waals surface area contributed by atoms with Crippen LogP contribution in [0.5, 0.6) is 0 Å². The molecule has 0 aliphatic carbocycles. The summed E-state index contributed by atoms with van der Waals surface area (Å²) in [5.74, 6) is -0.245. The highest BCUT2D eigenvalue weighted by Crippen LogP contribution is 2.22. The summed E-state index contributed by atoms with van der Waals surface area (Å²) in [4.78, 5) is 4.42. The average molecular weight is 258 g/mol. The Morgan fingerprint density at radius 2 is 1.84 bits per heavy atom. The monoisotopic (exact) mass is 258 g/mol. The molecule has 0 amide bonds. The predicted molar refractivity (Wildman–Crippen MR) is 75.3 cm³/mol. The summed E-state index contributed by atoms with van der Waals surface area (Å²) < 4.78 is 12.9. The second kappa shape index (κ2) is 5.49. The fourth-order valence-corrected chi connectivity index (χ4v) is 2.08. The molecular weight excluding hydrogens is 239 g/mol. The van der Waals surface area contributed by atoms with Gasteiger partial charge in [-0.05, 0) is 42.7 Å². The van der Waals surface area contributed by atoms with Crippen LogP contribution in [0.15, 0.2) is 42.6 Å². The third-order valence-corrected chi connectivity index (χ3v) is 3.35. The molecule has 1 aromatic heterocycles. The van der Waals surface area contributed by atoms with Crippen molar-refractivity contribution in [3.8, 4) is 0 Å². The van der Waals surface area contributed by atoms with E-state index in [2.05, 4.69) is 18.0 Å². The Morgan fingerprint density at radius 1 is 1.16 bits per heavy atom. The molecule has 0 fully saturated rings. The topological polar surface area (TPSA) is 38.9 Å². The molecule has 0 aliphatic heterocycles. The highest BCUT2D eigenvalue weighted by atomic mass is 19.1. The molecule has 0 radical (unpaired) electrons. The number of hydrogen-bond acceptors (Lipinski definition) is 2. The van der Waals surface area contributed by atoms with Crippen LogP contribution in [0.3, 0.4) is 0 Å². The van der Waals surface area contributed by atoms with E-state index in [1.165, 1.54) is 17.7 Å². The fourth-order valence-electron chi connectivity index (χ4n) is 2.08. The van der Waals surface area contributed by atoms with Crippen molar-refractivity contribution in [3.05, 3.63) is 65.2 Å². The first-order valence-corrected chi connectivity index (χ1v) is 6.50. The summed E-state index contributed by atoms with van der Waals surface area (Å²) in [6.07, 6.45) is 3.49. The molecule has 1 atom stereocenters. The van der Waals surface area contributed by atoms with Gasteiger partial charge in [-0.2, -0.15) is 0 Å². The van der Waals surface area contributed by atoms with Crippen LogP contribution < -0.4 is 5.73 Å². The lowest BCUT2D eigenvalue weighted by molar-refractivity contribution is 0.483. The molecule has 1 unspecified atom stereocenters. The third-order valence-electron chi connectivity index (χ3n) is 3.35. The zero-order valence-corrected chi connectivity index (χ0v) is 11.4. The van der Waals surface area contributed by atoms with E-state index in [0.717, 1.165) is 17.7 Å². The summed E-state index contributed by atoms with van der Waals surface area (Å²) in [7, 11) is 0. The minimum Gasteiger partial charge on any atom is -0.321 e. The molecule has 1 heterocycles. The smallest absolute Gasteiger partial charge is 0.123 e. The third kappa shape index (κ3) is 3.38. The van der Waals surface area contributed by atoms with Crippen molar-refractivity contribution in [2.24, 2.45) is 5.73 Å². The van der Waals surface area contributed by atoms with Crippen LogP contribution in [0.2, 0.25) is 0 Å². The Kier molecular flexibility index (Phi) is 3.96. The van der Waals surface area contributed by atoms with E-state index in [4.69, 9.17) is 5.73 Å². The molecule has 100 valence electrons. The Bertz CT molecular complexity index is 530. The highest BCUT2D eigenvalue weighted by Gasteiger charge is 2.22. The van der Waals surface area contributed by atoms with Gasteiger partial charge in [-0.25, -0.2) is 4.39 Å². The van der Waals surface area contributed by atoms with E-state index >= 15 is 0 Å². The molecule has 3 heteroatoms. The van der Waals surface area contributed by atoms with Gasteiger partial charge in [0.05, 0.1) is 0 Å². The molecule has 2 rings (SSSR count). The van der Waals surface area contributed by atoms with Crippen LogP contribution in [0.25, 0.3) is 0 Å². The van der Waals surface area contributed by atoms with Gasteiger partial charge in [-0.1, -0.05) is 25.1 Å². The summed E-state index contributed by atoms with van der Waals surface area (Å²) in [5, 5.41) is 0. The minimum absolute atomic E-state index is 0.245. The lowest BCUT2D eigenvalue weighted by atomic mass is 9.88. The van der Waals surface area contributed by atoms with E-state index in [9.17, 15) is 4.39 Å². The first-order chi connectivity index (χ1) is 9.01. The fraction of sp³-hybridized carbons (Fsp3) is 0.312. The molecule has 0 aliphatic rings. The van der Waals surface area contributed by atoms with Crippen LogP contribution in [0.1, 0.15) is 30.7 Å². The number of pyridine rings is 1. The van der Waals surface area contributed by atoms with Crippen molar-refractivity contribution < 1.29 is 4.39 Å². The van der Waals surface area contributed by atoms with Gasteiger partial charge in [0, 0.05) is 23.9 Å². The molecule has 0 saturated heterocycles. The number of aromatic nitrogens is 1. The van der Waals surface area contributed by atoms with Gasteiger partial charge in [0.25, 0.3) is 0 Å². The quantitative estimate of drug-likeness (QED) is 0.914. The molecule has 1 aromatic carbocycles. The maximum absolute atomic E-state index is 12.9. The van der Waals surface area contributed by atoms with E-state index < -0.39 is 5.54 Å². The van der Waals surface area contributed by atoms with Crippen LogP contribution in [-0.2, 0) is 18.4 Å². The lowest BCUT2D eigenvalue weighted by Gasteiger charge is -2.25. The number of aryl methyl sites for hydroxylation is 1. The molecular formula is C16H19FN2. The summed E-state index contributed by atoms with van der Waals surface area (Å²) >= 11 is 0. The zero-order chi connectivity index (χ0) is 13.9. The van der Waals surface area contributed by atoms with Crippen molar-refractivity contribution in [3.63, 3.8) is 0 Å². The second-order valence-electron chi connectivity index (χ2n) is 5.11. The van der Waals surface area contributed by atoms with Crippen LogP contribution >= 0.6 is 0 Å². The van der Waals surface area contributed by atoms with Gasteiger partial charge in [0.2, 0.25) is 0 Å². The predicted octanol–water partition coefficient (Wildman–Crippen LogP) is 3.20. The number of rotatable bonds is 4. The molecule has 0 saturated carbocycles. The Hall–Kier alpha value is -1.74. The van der Waals surface area contributed by atoms with Crippen molar-refractivity contribution in [2.75, 3.05) is 0 Å². The maximum atomic E-state index is 12.9. The number of nitrogens with two attached hydrogens (primary N) is 1. The van der Waals surface area contributed by atoms with Gasteiger partial charge in [-0.3, -0.25) is 4.98 Å². The Labute approximate surface area is 113 Å². The van der Waals surface area contributed by atoms with Crippen molar-refractivity contribution >= 4 is 0 Å². The highest BCUT2D eigenvalue weighted by molar-refractivity contribution is 5.26. The number of benzene rings is 1. The molecule has 2 aromatic rings. The van der Waals surface area contributed by atoms with Crippen molar-refractivity contribution in [1.29, 1.82) is 0 Å². The zero-order valence-electron chi connectivity index (χ0n) is 11.4. The van der Waals surface area contributed by atoms with E-state index in [1.54, 1.807) is 12.1 Å². The Balaban J connectivity index is 2.17. The van der Waals surface area contributed by atoms with Crippen LogP contribution in [-0.4, -0.2) is 4.98 Å². The largest absolute Gasteiger partial charge is 0.321 e. The molecule has 0 bridgehead atoms. The van der Waals surface area contributed by atoms with E-state index in [0.29, 0.717) is 6.42 Å². The first kappa shape index (κ1) is 13.7. The Morgan fingerprint density at radius 3 is 2.37 bits per heavy atom. The number of hydrogen-bond donors (Lipinski definition) is 1.